The number of carbonyl (C=O) groups is 1. The predicted octanol–water partition coefficient (Wildman–Crippen LogP) is 0.939. The van der Waals surface area contributed by atoms with Gasteiger partial charge in [-0.05, 0) is 22.9 Å². The number of primary amides is 1. The fourth-order valence-corrected chi connectivity index (χ4v) is 0.334. The number of nitrogens with two attached hydrogens (primary N) is 1. The lowest BCUT2D eigenvalue weighted by molar-refractivity contribution is 0.249. The topological polar surface area (TPSA) is 67.5 Å². The van der Waals surface area contributed by atoms with E-state index >= 15 is 0 Å². The van der Waals surface area contributed by atoms with Crippen LogP contribution in [0.3, 0.4) is 0 Å². The third kappa shape index (κ3) is 5.30. The van der Waals surface area contributed by atoms with Gasteiger partial charge in [-0.3, -0.25) is 0 Å². The molecule has 10 heavy (non-hydrogen) atoms. The van der Waals surface area contributed by atoms with Crippen LogP contribution in [0.25, 0.3) is 0 Å². The average Bonchev–Trinajstić information content (AvgIpc) is 1.87. The number of nitrogens with one attached hydrogen (secondary N) is 1. The summed E-state index contributed by atoms with van der Waals surface area (Å²) in [7, 11) is 0. The molecule has 0 unspecified atom stereocenters. The molecule has 0 fully saturated rings. The number of urea groups is 1. The lowest BCUT2D eigenvalue weighted by Gasteiger charge is -1.88. The number of hydrazone groups is 1. The zero-order chi connectivity index (χ0) is 7.98. The van der Waals surface area contributed by atoms with E-state index in [1.807, 2.05) is 12.3 Å². The van der Waals surface area contributed by atoms with Gasteiger partial charge in [-0.15, -0.1) is 0 Å². The van der Waals surface area contributed by atoms with E-state index in [-0.39, 0.29) is 0 Å². The molecule has 0 aliphatic carbocycles. The maximum Gasteiger partial charge on any atom is 0.332 e. The van der Waals surface area contributed by atoms with Crippen LogP contribution in [0.5, 0.6) is 0 Å². The summed E-state index contributed by atoms with van der Waals surface area (Å²) in [4.78, 5) is 10.0. The molecule has 0 spiro atoms. The maximum atomic E-state index is 10.0. The number of nitrogens with zero attached hydrogens (tertiary/aromatic N) is 1. The minimum atomic E-state index is -0.673. The van der Waals surface area contributed by atoms with Crippen molar-refractivity contribution in [2.75, 3.05) is 0 Å². The zero-order valence-electron chi connectivity index (χ0n) is 5.47. The molecule has 0 rings (SSSR count). The summed E-state index contributed by atoms with van der Waals surface area (Å²) in [5.41, 5.74) is 6.77. The van der Waals surface area contributed by atoms with Crippen molar-refractivity contribution in [3.05, 3.63) is 10.6 Å². The molecule has 0 saturated carbocycles. The average molecular weight is 206 g/mol. The molecule has 0 aromatic rings. The Labute approximate surface area is 67.3 Å². The third-order valence-corrected chi connectivity index (χ3v) is 1.30. The van der Waals surface area contributed by atoms with Crippen LogP contribution in [0.1, 0.15) is 6.92 Å². The molecule has 4 nitrogen and oxygen atoms in total. The van der Waals surface area contributed by atoms with Gasteiger partial charge in [0.2, 0.25) is 0 Å². The van der Waals surface area contributed by atoms with Crippen molar-refractivity contribution in [2.24, 2.45) is 10.8 Å². The Morgan fingerprint density at radius 3 is 2.80 bits per heavy atom. The molecule has 2 amide bonds. The number of halogens is 1. The van der Waals surface area contributed by atoms with Crippen LogP contribution in [-0.4, -0.2) is 12.2 Å². The Bertz CT molecular complexity index is 176. The Kier molecular flexibility index (Phi) is 4.57. The second kappa shape index (κ2) is 4.99. The van der Waals surface area contributed by atoms with Gasteiger partial charge < -0.3 is 5.73 Å². The standard InChI is InChI=1S/C5H8BrN3O/c1-2-4(6)3-8-9-5(7)10/h2-3H,1H3,(H3,7,9,10)/b4-2-,8-3+. The van der Waals surface area contributed by atoms with Gasteiger partial charge >= 0.3 is 6.03 Å². The lowest BCUT2D eigenvalue weighted by Crippen LogP contribution is -2.24. The lowest BCUT2D eigenvalue weighted by atomic mass is 10.6. The second-order valence-corrected chi connectivity index (χ2v) is 2.32. The fraction of sp³-hybridized carbons (Fsp3) is 0.200. The van der Waals surface area contributed by atoms with Crippen LogP contribution in [0.2, 0.25) is 0 Å². The SMILES string of the molecule is C/C=C(Br)/C=N/NC(N)=O. The van der Waals surface area contributed by atoms with Crippen molar-refractivity contribution in [3.63, 3.8) is 0 Å². The highest BCUT2D eigenvalue weighted by Gasteiger charge is 1.83. The minimum absolute atomic E-state index is 0.673. The van der Waals surface area contributed by atoms with Crippen LogP contribution in [0, 0.1) is 0 Å². The highest BCUT2D eigenvalue weighted by atomic mass is 79.9. The van der Waals surface area contributed by atoms with Crippen molar-refractivity contribution >= 4 is 28.2 Å². The highest BCUT2D eigenvalue weighted by molar-refractivity contribution is 9.12. The van der Waals surface area contributed by atoms with Crippen molar-refractivity contribution in [1.82, 2.24) is 5.43 Å². The molecule has 0 radical (unpaired) electrons. The first-order chi connectivity index (χ1) is 4.66. The largest absolute Gasteiger partial charge is 0.350 e. The van der Waals surface area contributed by atoms with E-state index in [2.05, 4.69) is 21.0 Å². The van der Waals surface area contributed by atoms with Gasteiger partial charge in [0.05, 0.1) is 6.21 Å². The Morgan fingerprint density at radius 1 is 1.80 bits per heavy atom. The molecule has 0 heterocycles. The second-order valence-electron chi connectivity index (χ2n) is 1.41. The fourth-order valence-electron chi connectivity index (χ4n) is 0.232. The molecule has 0 aliphatic heterocycles. The molecule has 0 saturated heterocycles. The van der Waals surface area contributed by atoms with Crippen molar-refractivity contribution in [3.8, 4) is 0 Å². The molecule has 0 aromatic carbocycles. The first-order valence-electron chi connectivity index (χ1n) is 2.57. The smallest absolute Gasteiger partial charge is 0.332 e. The van der Waals surface area contributed by atoms with Crippen LogP contribution in [0.4, 0.5) is 4.79 Å². The van der Waals surface area contributed by atoms with Gasteiger partial charge in [0, 0.05) is 4.48 Å². The molecular formula is C5H8BrN3O. The molecule has 5 heteroatoms. The maximum absolute atomic E-state index is 10.0. The van der Waals surface area contributed by atoms with E-state index in [1.165, 1.54) is 6.21 Å². The molecule has 56 valence electrons. The molecule has 0 aromatic heterocycles. The van der Waals surface area contributed by atoms with Crippen molar-refractivity contribution < 1.29 is 4.79 Å². The molecule has 0 atom stereocenters. The van der Waals surface area contributed by atoms with Gasteiger partial charge in [0.15, 0.2) is 0 Å². The van der Waals surface area contributed by atoms with E-state index in [0.29, 0.717) is 0 Å². The first kappa shape index (κ1) is 9.16. The van der Waals surface area contributed by atoms with Crippen LogP contribution in [0.15, 0.2) is 15.7 Å². The Hall–Kier alpha value is -0.840. The summed E-state index contributed by atoms with van der Waals surface area (Å²) in [5, 5.41) is 3.48. The molecular weight excluding hydrogens is 198 g/mol. The van der Waals surface area contributed by atoms with E-state index in [0.717, 1.165) is 4.48 Å². The number of allylic oxidation sites excluding steroid dienone is 2. The van der Waals surface area contributed by atoms with Crippen LogP contribution < -0.4 is 11.2 Å². The summed E-state index contributed by atoms with van der Waals surface area (Å²) in [6, 6.07) is -0.673. The van der Waals surface area contributed by atoms with E-state index in [1.54, 1.807) is 6.08 Å². The predicted molar refractivity (Wildman–Crippen MR) is 43.9 cm³/mol. The van der Waals surface area contributed by atoms with E-state index in [9.17, 15) is 4.79 Å². The molecule has 3 N–H and O–H groups in total. The van der Waals surface area contributed by atoms with Gasteiger partial charge in [0.25, 0.3) is 0 Å². The quantitative estimate of drug-likeness (QED) is 0.512. The third-order valence-electron chi connectivity index (χ3n) is 0.638. The molecule has 0 aliphatic rings. The van der Waals surface area contributed by atoms with Crippen molar-refractivity contribution in [2.45, 2.75) is 6.92 Å². The van der Waals surface area contributed by atoms with Crippen LogP contribution >= 0.6 is 15.9 Å². The summed E-state index contributed by atoms with van der Waals surface area (Å²) in [6.45, 7) is 1.83. The number of amides is 2. The minimum Gasteiger partial charge on any atom is -0.350 e. The van der Waals surface area contributed by atoms with E-state index < -0.39 is 6.03 Å². The summed E-state index contributed by atoms with van der Waals surface area (Å²) >= 11 is 3.15. The monoisotopic (exact) mass is 205 g/mol. The Morgan fingerprint density at radius 2 is 2.40 bits per heavy atom. The van der Waals surface area contributed by atoms with Gasteiger partial charge in [0.1, 0.15) is 0 Å². The van der Waals surface area contributed by atoms with Crippen molar-refractivity contribution in [1.29, 1.82) is 0 Å². The zero-order valence-corrected chi connectivity index (χ0v) is 7.05. The Balaban J connectivity index is 3.67. The van der Waals surface area contributed by atoms with Gasteiger partial charge in [-0.25, -0.2) is 10.2 Å². The van der Waals surface area contributed by atoms with Gasteiger partial charge in [-0.2, -0.15) is 5.10 Å². The van der Waals surface area contributed by atoms with E-state index in [4.69, 9.17) is 5.73 Å². The number of rotatable bonds is 2. The summed E-state index contributed by atoms with van der Waals surface area (Å²) < 4.78 is 0.779. The summed E-state index contributed by atoms with van der Waals surface area (Å²) in [5.74, 6) is 0. The number of carbonyl (C=O) groups excluding carboxylic acids is 1. The van der Waals surface area contributed by atoms with Gasteiger partial charge in [-0.1, -0.05) is 6.08 Å². The number of hydrogen-bond acceptors (Lipinski definition) is 2. The number of hydrogen-bond donors (Lipinski definition) is 2. The van der Waals surface area contributed by atoms with Crippen LogP contribution in [-0.2, 0) is 0 Å². The molecule has 0 bridgehead atoms. The summed E-state index contributed by atoms with van der Waals surface area (Å²) in [6.07, 6.45) is 3.22. The normalized spacial score (nSPS) is 12.0. The first-order valence-corrected chi connectivity index (χ1v) is 3.36. The highest BCUT2D eigenvalue weighted by Crippen LogP contribution is 1.98.